The maximum atomic E-state index is 3.64. The number of hydrogen-bond acceptors (Lipinski definition) is 1. The van der Waals surface area contributed by atoms with Crippen molar-refractivity contribution in [2.24, 2.45) is 0 Å². The molecule has 1 aliphatic rings. The lowest BCUT2D eigenvalue weighted by Gasteiger charge is -2.28. The summed E-state index contributed by atoms with van der Waals surface area (Å²) in [5.74, 6) is 0. The van der Waals surface area contributed by atoms with Gasteiger partial charge in [-0.2, -0.15) is 0 Å². The maximum Gasteiger partial charge on any atom is 0.0160 e. The SMILES string of the molecule is ICC1CCCC(CI)N1. The molecule has 2 atom stereocenters. The minimum Gasteiger partial charge on any atom is -0.310 e. The van der Waals surface area contributed by atoms with Crippen molar-refractivity contribution in [2.75, 3.05) is 8.86 Å². The summed E-state index contributed by atoms with van der Waals surface area (Å²) in [6, 6.07) is 1.60. The van der Waals surface area contributed by atoms with Crippen molar-refractivity contribution >= 4 is 45.2 Å². The van der Waals surface area contributed by atoms with Crippen molar-refractivity contribution in [3.63, 3.8) is 0 Å². The van der Waals surface area contributed by atoms with E-state index in [1.165, 1.54) is 28.1 Å². The summed E-state index contributed by atoms with van der Waals surface area (Å²) < 4.78 is 2.54. The number of halogens is 2. The van der Waals surface area contributed by atoms with Crippen LogP contribution in [-0.2, 0) is 0 Å². The molecule has 1 fully saturated rings. The summed E-state index contributed by atoms with van der Waals surface area (Å²) in [5, 5.41) is 3.64. The lowest BCUT2D eigenvalue weighted by Crippen LogP contribution is -2.43. The first-order valence-corrected chi connectivity index (χ1v) is 6.80. The predicted octanol–water partition coefficient (Wildman–Crippen LogP) is 2.37. The van der Waals surface area contributed by atoms with E-state index in [0.717, 1.165) is 12.1 Å². The third kappa shape index (κ3) is 2.81. The van der Waals surface area contributed by atoms with Crippen LogP contribution < -0.4 is 5.32 Å². The van der Waals surface area contributed by atoms with Crippen molar-refractivity contribution < 1.29 is 0 Å². The molecule has 1 N–H and O–H groups in total. The quantitative estimate of drug-likeness (QED) is 0.586. The van der Waals surface area contributed by atoms with Gasteiger partial charge in [-0.05, 0) is 12.8 Å². The van der Waals surface area contributed by atoms with Gasteiger partial charge in [-0.1, -0.05) is 51.6 Å². The number of hydrogen-bond donors (Lipinski definition) is 1. The highest BCUT2D eigenvalue weighted by molar-refractivity contribution is 14.1. The van der Waals surface area contributed by atoms with Gasteiger partial charge in [0.15, 0.2) is 0 Å². The highest BCUT2D eigenvalue weighted by atomic mass is 127. The van der Waals surface area contributed by atoms with Crippen molar-refractivity contribution in [2.45, 2.75) is 31.3 Å². The van der Waals surface area contributed by atoms with Crippen LogP contribution >= 0.6 is 45.2 Å². The van der Waals surface area contributed by atoms with Crippen LogP contribution in [0.5, 0.6) is 0 Å². The Hall–Kier alpha value is 1.42. The Bertz CT molecular complexity index is 87.6. The van der Waals surface area contributed by atoms with Gasteiger partial charge in [0.2, 0.25) is 0 Å². The van der Waals surface area contributed by atoms with Crippen LogP contribution in [0.4, 0.5) is 0 Å². The fourth-order valence-electron chi connectivity index (χ4n) is 1.35. The van der Waals surface area contributed by atoms with Crippen LogP contribution in [0, 0.1) is 0 Å². The Kier molecular flexibility index (Phi) is 4.88. The monoisotopic (exact) mass is 365 g/mol. The Morgan fingerprint density at radius 3 is 2.00 bits per heavy atom. The van der Waals surface area contributed by atoms with Crippen LogP contribution in [0.15, 0.2) is 0 Å². The van der Waals surface area contributed by atoms with E-state index in [1.54, 1.807) is 0 Å². The third-order valence-electron chi connectivity index (χ3n) is 1.95. The van der Waals surface area contributed by atoms with Gasteiger partial charge in [0.25, 0.3) is 0 Å². The van der Waals surface area contributed by atoms with E-state index in [2.05, 4.69) is 50.5 Å². The van der Waals surface area contributed by atoms with Crippen LogP contribution in [0.2, 0.25) is 0 Å². The molecule has 0 aromatic rings. The zero-order chi connectivity index (χ0) is 7.40. The van der Waals surface area contributed by atoms with Crippen LogP contribution in [0.1, 0.15) is 19.3 Å². The molecule has 1 rings (SSSR count). The summed E-state index contributed by atoms with van der Waals surface area (Å²) in [4.78, 5) is 0. The van der Waals surface area contributed by atoms with Gasteiger partial charge in [-0.3, -0.25) is 0 Å². The van der Waals surface area contributed by atoms with Crippen LogP contribution in [0.3, 0.4) is 0 Å². The van der Waals surface area contributed by atoms with E-state index >= 15 is 0 Å². The van der Waals surface area contributed by atoms with E-state index < -0.39 is 0 Å². The molecular formula is C7H13I2N. The standard InChI is InChI=1S/C7H13I2N/c8-4-6-2-1-3-7(5-9)10-6/h6-7,10H,1-5H2. The summed E-state index contributed by atoms with van der Waals surface area (Å²) in [6.45, 7) is 0. The molecule has 1 nitrogen and oxygen atoms in total. The second kappa shape index (κ2) is 5.13. The molecule has 0 aromatic carbocycles. The molecule has 0 aliphatic carbocycles. The van der Waals surface area contributed by atoms with Gasteiger partial charge in [0.05, 0.1) is 0 Å². The molecule has 0 amide bonds. The first-order valence-electron chi connectivity index (χ1n) is 3.74. The molecule has 3 heteroatoms. The van der Waals surface area contributed by atoms with Gasteiger partial charge >= 0.3 is 0 Å². The fourth-order valence-corrected chi connectivity index (χ4v) is 2.74. The summed E-state index contributed by atoms with van der Waals surface area (Å²) in [7, 11) is 0. The maximum absolute atomic E-state index is 3.64. The lowest BCUT2D eigenvalue weighted by molar-refractivity contribution is 0.365. The van der Waals surface area contributed by atoms with E-state index in [4.69, 9.17) is 0 Å². The van der Waals surface area contributed by atoms with Gasteiger partial charge in [0, 0.05) is 20.9 Å². The third-order valence-corrected chi connectivity index (χ3v) is 4.08. The average Bonchev–Trinajstić information content (AvgIpc) is 2.05. The number of nitrogens with one attached hydrogen (secondary N) is 1. The fraction of sp³-hybridized carbons (Fsp3) is 1.00. The molecule has 10 heavy (non-hydrogen) atoms. The van der Waals surface area contributed by atoms with Crippen molar-refractivity contribution in [3.05, 3.63) is 0 Å². The van der Waals surface area contributed by atoms with Crippen molar-refractivity contribution in [3.8, 4) is 0 Å². The Morgan fingerprint density at radius 2 is 1.60 bits per heavy atom. The average molecular weight is 365 g/mol. The van der Waals surface area contributed by atoms with Gasteiger partial charge in [-0.25, -0.2) is 0 Å². The predicted molar refractivity (Wildman–Crippen MR) is 62.3 cm³/mol. The normalized spacial score (nSPS) is 34.2. The first-order chi connectivity index (χ1) is 4.86. The molecule has 0 spiro atoms. The molecule has 0 radical (unpaired) electrons. The lowest BCUT2D eigenvalue weighted by atomic mass is 10.0. The molecule has 1 heterocycles. The van der Waals surface area contributed by atoms with E-state index in [9.17, 15) is 0 Å². The number of piperidine rings is 1. The van der Waals surface area contributed by atoms with E-state index in [1.807, 2.05) is 0 Å². The second-order valence-electron chi connectivity index (χ2n) is 2.80. The molecule has 0 aromatic heterocycles. The molecule has 1 saturated heterocycles. The van der Waals surface area contributed by atoms with Gasteiger partial charge < -0.3 is 5.32 Å². The van der Waals surface area contributed by atoms with Crippen molar-refractivity contribution in [1.29, 1.82) is 0 Å². The van der Waals surface area contributed by atoms with Crippen LogP contribution in [0.25, 0.3) is 0 Å². The number of alkyl halides is 2. The first kappa shape index (κ1) is 9.51. The zero-order valence-electron chi connectivity index (χ0n) is 5.95. The highest BCUT2D eigenvalue weighted by Crippen LogP contribution is 2.15. The molecule has 60 valence electrons. The molecule has 2 unspecified atom stereocenters. The topological polar surface area (TPSA) is 12.0 Å². The van der Waals surface area contributed by atoms with Gasteiger partial charge in [-0.15, -0.1) is 0 Å². The Balaban J connectivity index is 2.25. The summed E-state index contributed by atoms with van der Waals surface area (Å²) >= 11 is 4.94. The van der Waals surface area contributed by atoms with Gasteiger partial charge in [0.1, 0.15) is 0 Å². The minimum atomic E-state index is 0.800. The second-order valence-corrected chi connectivity index (χ2v) is 4.56. The molecule has 0 saturated carbocycles. The zero-order valence-corrected chi connectivity index (χ0v) is 10.3. The highest BCUT2D eigenvalue weighted by Gasteiger charge is 2.18. The van der Waals surface area contributed by atoms with E-state index in [0.29, 0.717) is 0 Å². The Morgan fingerprint density at radius 1 is 1.10 bits per heavy atom. The smallest absolute Gasteiger partial charge is 0.0160 e. The molecule has 1 aliphatic heterocycles. The van der Waals surface area contributed by atoms with Crippen molar-refractivity contribution in [1.82, 2.24) is 5.32 Å². The molecular weight excluding hydrogens is 352 g/mol. The Labute approximate surface area is 90.0 Å². The van der Waals surface area contributed by atoms with Crippen LogP contribution in [-0.4, -0.2) is 20.9 Å². The summed E-state index contributed by atoms with van der Waals surface area (Å²) in [5.41, 5.74) is 0. The summed E-state index contributed by atoms with van der Waals surface area (Å²) in [6.07, 6.45) is 4.19. The van der Waals surface area contributed by atoms with E-state index in [-0.39, 0.29) is 0 Å². The largest absolute Gasteiger partial charge is 0.310 e. The minimum absolute atomic E-state index is 0.800. The molecule has 0 bridgehead atoms. The number of rotatable bonds is 2.